The molecule has 1 N–H and O–H groups in total. The van der Waals surface area contributed by atoms with Crippen LogP contribution in [0.5, 0.6) is 11.5 Å². The zero-order chi connectivity index (χ0) is 22.9. The first kappa shape index (κ1) is 22.5. The summed E-state index contributed by atoms with van der Waals surface area (Å²) in [6.45, 7) is 12.6. The van der Waals surface area contributed by atoms with E-state index in [2.05, 4.69) is 65.8 Å². The van der Waals surface area contributed by atoms with E-state index < -0.39 is 0 Å². The second kappa shape index (κ2) is 8.89. The van der Waals surface area contributed by atoms with E-state index in [-0.39, 0.29) is 5.76 Å². The van der Waals surface area contributed by atoms with Gasteiger partial charge in [-0.1, -0.05) is 35.4 Å². The number of aryl methyl sites for hydroxylation is 6. The Morgan fingerprint density at radius 1 is 0.613 bits per heavy atom. The Morgan fingerprint density at radius 3 is 1.42 bits per heavy atom. The highest BCUT2D eigenvalue weighted by Gasteiger charge is 2.22. The molecule has 0 aliphatic rings. The molecule has 0 aliphatic heterocycles. The molecule has 0 fully saturated rings. The zero-order valence-electron chi connectivity index (χ0n) is 19.8. The van der Waals surface area contributed by atoms with Gasteiger partial charge >= 0.3 is 0 Å². The van der Waals surface area contributed by atoms with Gasteiger partial charge in [0.05, 0.1) is 14.2 Å². The average molecular weight is 417 g/mol. The molecule has 0 amide bonds. The number of hydrogen-bond acceptors (Lipinski definition) is 3. The second-order valence-corrected chi connectivity index (χ2v) is 8.34. The van der Waals surface area contributed by atoms with Crippen LogP contribution in [-0.4, -0.2) is 19.3 Å². The predicted octanol–water partition coefficient (Wildman–Crippen LogP) is 7.03. The summed E-state index contributed by atoms with van der Waals surface area (Å²) in [4.78, 5) is 0. The Labute approximate surface area is 186 Å². The number of methoxy groups -OCH3 is 2. The Balaban J connectivity index is 2.43. The zero-order valence-corrected chi connectivity index (χ0v) is 19.8. The first-order chi connectivity index (χ1) is 14.7. The third-order valence-electron chi connectivity index (χ3n) is 5.75. The lowest BCUT2D eigenvalue weighted by Crippen LogP contribution is -2.04. The molecule has 3 nitrogen and oxygen atoms in total. The fraction of sp³-hybridized carbons (Fsp3) is 0.286. The Hall–Kier alpha value is -3.20. The molecule has 0 heterocycles. The summed E-state index contributed by atoms with van der Waals surface area (Å²) in [5.41, 5.74) is 10.6. The molecule has 3 rings (SSSR count). The average Bonchev–Trinajstić information content (AvgIpc) is 2.70. The van der Waals surface area contributed by atoms with Crippen LogP contribution >= 0.6 is 0 Å². The maximum atomic E-state index is 11.7. The molecule has 0 aromatic heterocycles. The highest BCUT2D eigenvalue weighted by Crippen LogP contribution is 2.40. The van der Waals surface area contributed by atoms with Crippen molar-refractivity contribution in [2.75, 3.05) is 14.2 Å². The third-order valence-corrected chi connectivity index (χ3v) is 5.75. The fourth-order valence-electron chi connectivity index (χ4n) is 4.64. The summed E-state index contributed by atoms with van der Waals surface area (Å²) >= 11 is 0. The van der Waals surface area contributed by atoms with Gasteiger partial charge in [0.2, 0.25) is 0 Å². The lowest BCUT2D eigenvalue weighted by molar-refractivity contribution is 0.354. The van der Waals surface area contributed by atoms with Crippen LogP contribution < -0.4 is 9.47 Å². The Morgan fingerprint density at radius 2 is 1.03 bits per heavy atom. The van der Waals surface area contributed by atoms with Crippen LogP contribution in [0.15, 0.2) is 42.5 Å². The van der Waals surface area contributed by atoms with Crippen LogP contribution in [0, 0.1) is 41.5 Å². The molecule has 0 aliphatic carbocycles. The van der Waals surface area contributed by atoms with E-state index in [1.165, 1.54) is 11.1 Å². The normalized spacial score (nSPS) is 10.7. The number of rotatable bonds is 5. The summed E-state index contributed by atoms with van der Waals surface area (Å²) in [5, 5.41) is 11.7. The van der Waals surface area contributed by atoms with Gasteiger partial charge in [-0.15, -0.1) is 0 Å². The number of aliphatic hydroxyl groups is 1. The van der Waals surface area contributed by atoms with Crippen molar-refractivity contribution in [1.82, 2.24) is 0 Å². The quantitative estimate of drug-likeness (QED) is 0.358. The first-order valence-corrected chi connectivity index (χ1v) is 10.5. The highest BCUT2D eigenvalue weighted by atomic mass is 16.5. The third kappa shape index (κ3) is 4.32. The van der Waals surface area contributed by atoms with Gasteiger partial charge in [-0.05, 0) is 93.1 Å². The molecule has 3 heteroatoms. The van der Waals surface area contributed by atoms with E-state index >= 15 is 0 Å². The summed E-state index contributed by atoms with van der Waals surface area (Å²) in [6, 6.07) is 14.2. The summed E-state index contributed by atoms with van der Waals surface area (Å²) in [7, 11) is 3.21. The molecule has 0 spiro atoms. The smallest absolute Gasteiger partial charge is 0.161 e. The van der Waals surface area contributed by atoms with E-state index in [4.69, 9.17) is 9.47 Å². The Kier molecular flexibility index (Phi) is 6.45. The molecule has 0 bridgehead atoms. The molecule has 162 valence electrons. The SMILES string of the molecule is COc1ccc(C(O)=C(c2c(C)cc(C)cc2C)c2c(C)cc(C)cc2C)cc1OC. The minimum absolute atomic E-state index is 0.228. The van der Waals surface area contributed by atoms with Crippen molar-refractivity contribution < 1.29 is 14.6 Å². The van der Waals surface area contributed by atoms with Crippen LogP contribution in [0.2, 0.25) is 0 Å². The maximum Gasteiger partial charge on any atom is 0.161 e. The Bertz CT molecular complexity index is 1060. The molecule has 31 heavy (non-hydrogen) atoms. The van der Waals surface area contributed by atoms with E-state index in [1.54, 1.807) is 14.2 Å². The molecule has 0 saturated carbocycles. The lowest BCUT2D eigenvalue weighted by atomic mass is 9.83. The van der Waals surface area contributed by atoms with Crippen LogP contribution in [0.25, 0.3) is 11.3 Å². The van der Waals surface area contributed by atoms with E-state index in [0.717, 1.165) is 39.0 Å². The topological polar surface area (TPSA) is 38.7 Å². The van der Waals surface area contributed by atoms with Crippen molar-refractivity contribution in [2.24, 2.45) is 0 Å². The van der Waals surface area contributed by atoms with E-state index in [9.17, 15) is 5.11 Å². The minimum Gasteiger partial charge on any atom is -0.507 e. The molecule has 0 unspecified atom stereocenters. The lowest BCUT2D eigenvalue weighted by Gasteiger charge is -2.22. The van der Waals surface area contributed by atoms with E-state index in [0.29, 0.717) is 17.1 Å². The fourth-order valence-corrected chi connectivity index (χ4v) is 4.64. The number of hydrogen-bond donors (Lipinski definition) is 1. The van der Waals surface area contributed by atoms with Gasteiger partial charge in [0.15, 0.2) is 11.5 Å². The van der Waals surface area contributed by atoms with Gasteiger partial charge in [0.1, 0.15) is 5.76 Å². The molecule has 0 atom stereocenters. The van der Waals surface area contributed by atoms with Crippen LogP contribution in [0.4, 0.5) is 0 Å². The molecule has 0 radical (unpaired) electrons. The standard InChI is InChI=1S/C28H32O3/c1-16-11-18(3)25(19(4)12-16)27(26-20(5)13-17(2)14-21(26)6)28(29)22-9-10-23(30-7)24(15-22)31-8/h9-15,29H,1-8H3. The summed E-state index contributed by atoms with van der Waals surface area (Å²) < 4.78 is 10.9. The summed E-state index contributed by atoms with van der Waals surface area (Å²) in [6.07, 6.45) is 0. The molecule has 0 saturated heterocycles. The minimum atomic E-state index is 0.228. The first-order valence-electron chi connectivity index (χ1n) is 10.5. The highest BCUT2D eigenvalue weighted by molar-refractivity contribution is 5.99. The van der Waals surface area contributed by atoms with Gasteiger partial charge in [0, 0.05) is 11.1 Å². The number of ether oxygens (including phenoxy) is 2. The van der Waals surface area contributed by atoms with Crippen LogP contribution in [0.1, 0.15) is 50.1 Å². The predicted molar refractivity (Wildman–Crippen MR) is 129 cm³/mol. The van der Waals surface area contributed by atoms with Gasteiger partial charge < -0.3 is 14.6 Å². The van der Waals surface area contributed by atoms with Crippen LogP contribution in [-0.2, 0) is 0 Å². The van der Waals surface area contributed by atoms with Crippen molar-refractivity contribution >= 4 is 11.3 Å². The second-order valence-electron chi connectivity index (χ2n) is 8.34. The van der Waals surface area contributed by atoms with Gasteiger partial charge in [-0.25, -0.2) is 0 Å². The van der Waals surface area contributed by atoms with Crippen molar-refractivity contribution in [1.29, 1.82) is 0 Å². The largest absolute Gasteiger partial charge is 0.507 e. The van der Waals surface area contributed by atoms with Gasteiger partial charge in [0.25, 0.3) is 0 Å². The monoisotopic (exact) mass is 416 g/mol. The van der Waals surface area contributed by atoms with Crippen molar-refractivity contribution in [3.8, 4) is 11.5 Å². The number of aliphatic hydroxyl groups excluding tert-OH is 1. The number of benzene rings is 3. The summed E-state index contributed by atoms with van der Waals surface area (Å²) in [5.74, 6) is 1.44. The van der Waals surface area contributed by atoms with Crippen molar-refractivity contribution in [3.05, 3.63) is 92.5 Å². The van der Waals surface area contributed by atoms with Gasteiger partial charge in [-0.2, -0.15) is 0 Å². The molecule has 3 aromatic rings. The van der Waals surface area contributed by atoms with Crippen molar-refractivity contribution in [2.45, 2.75) is 41.5 Å². The van der Waals surface area contributed by atoms with Crippen molar-refractivity contribution in [3.63, 3.8) is 0 Å². The molecular weight excluding hydrogens is 384 g/mol. The van der Waals surface area contributed by atoms with E-state index in [1.807, 2.05) is 18.2 Å². The molecule has 3 aromatic carbocycles. The van der Waals surface area contributed by atoms with Gasteiger partial charge in [-0.3, -0.25) is 0 Å². The maximum absolute atomic E-state index is 11.7. The van der Waals surface area contributed by atoms with Crippen LogP contribution in [0.3, 0.4) is 0 Å². The molecular formula is C28H32O3.